The molecule has 3 aromatic rings. The molecule has 0 aliphatic carbocycles. The second-order valence-corrected chi connectivity index (χ2v) is 7.60. The zero-order chi connectivity index (χ0) is 18.8. The fraction of sp³-hybridized carbons (Fsp3) is 0.333. The van der Waals surface area contributed by atoms with Gasteiger partial charge >= 0.3 is 0 Å². The van der Waals surface area contributed by atoms with Crippen LogP contribution in [0.25, 0.3) is 22.2 Å². The number of carbonyl (C=O) groups is 1. The minimum atomic E-state index is 0.131. The Balaban J connectivity index is 1.77. The Kier molecular flexibility index (Phi) is 4.93. The van der Waals surface area contributed by atoms with Crippen LogP contribution in [0.3, 0.4) is 0 Å². The van der Waals surface area contributed by atoms with Crippen LogP contribution >= 0.6 is 0 Å². The zero-order valence-electron chi connectivity index (χ0n) is 16.1. The number of aryl methyl sites for hydroxylation is 1. The maximum absolute atomic E-state index is 13.3. The van der Waals surface area contributed by atoms with Gasteiger partial charge in [0, 0.05) is 24.0 Å². The summed E-state index contributed by atoms with van der Waals surface area (Å²) in [7, 11) is 0. The average Bonchev–Trinajstić information content (AvgIpc) is 2.73. The lowest BCUT2D eigenvalue weighted by molar-refractivity contribution is 0.0699. The Morgan fingerprint density at radius 2 is 1.78 bits per heavy atom. The van der Waals surface area contributed by atoms with Crippen LogP contribution in [0.5, 0.6) is 0 Å². The first kappa shape index (κ1) is 17.7. The number of hydrogen-bond acceptors (Lipinski definition) is 2. The molecule has 0 bridgehead atoms. The number of para-hydroxylation sites is 1. The maximum Gasteiger partial charge on any atom is 0.254 e. The molecule has 1 fully saturated rings. The molecule has 138 valence electrons. The van der Waals surface area contributed by atoms with Crippen molar-refractivity contribution in [1.82, 2.24) is 9.88 Å². The van der Waals surface area contributed by atoms with E-state index in [0.29, 0.717) is 5.92 Å². The third-order valence-corrected chi connectivity index (χ3v) is 5.68. The molecule has 0 atom stereocenters. The number of carbonyl (C=O) groups excluding carboxylic acids is 1. The van der Waals surface area contributed by atoms with E-state index in [2.05, 4.69) is 38.1 Å². The number of aromatic nitrogens is 1. The summed E-state index contributed by atoms with van der Waals surface area (Å²) in [5.41, 5.74) is 4.87. The van der Waals surface area contributed by atoms with E-state index in [0.717, 1.165) is 60.1 Å². The van der Waals surface area contributed by atoms with Gasteiger partial charge in [0.2, 0.25) is 0 Å². The Labute approximate surface area is 161 Å². The predicted molar refractivity (Wildman–Crippen MR) is 111 cm³/mol. The smallest absolute Gasteiger partial charge is 0.254 e. The van der Waals surface area contributed by atoms with E-state index >= 15 is 0 Å². The summed E-state index contributed by atoms with van der Waals surface area (Å²) in [4.78, 5) is 20.1. The van der Waals surface area contributed by atoms with E-state index in [1.54, 1.807) is 0 Å². The number of likely N-dealkylation sites (tertiary alicyclic amines) is 1. The molecule has 1 saturated heterocycles. The number of amides is 1. The van der Waals surface area contributed by atoms with Gasteiger partial charge in [-0.3, -0.25) is 4.79 Å². The average molecular weight is 358 g/mol. The SMILES string of the molecule is CCc1ccc(-c2cc(C(=O)N3CCC(C)CC3)c3ccccc3n2)cc1. The van der Waals surface area contributed by atoms with E-state index in [9.17, 15) is 4.79 Å². The number of fused-ring (bicyclic) bond motifs is 1. The van der Waals surface area contributed by atoms with Crippen LogP contribution in [0.4, 0.5) is 0 Å². The zero-order valence-corrected chi connectivity index (χ0v) is 16.1. The number of pyridine rings is 1. The summed E-state index contributed by atoms with van der Waals surface area (Å²) in [5, 5.41) is 0.940. The van der Waals surface area contributed by atoms with Crippen LogP contribution < -0.4 is 0 Å². The fourth-order valence-corrected chi connectivity index (χ4v) is 3.79. The molecule has 3 nitrogen and oxygen atoms in total. The Morgan fingerprint density at radius 3 is 2.48 bits per heavy atom. The molecule has 2 aromatic carbocycles. The summed E-state index contributed by atoms with van der Waals surface area (Å²) >= 11 is 0. The molecule has 1 aromatic heterocycles. The number of benzene rings is 2. The van der Waals surface area contributed by atoms with E-state index < -0.39 is 0 Å². The van der Waals surface area contributed by atoms with Crippen LogP contribution in [0, 0.1) is 5.92 Å². The van der Waals surface area contributed by atoms with Crippen LogP contribution in [-0.2, 0) is 6.42 Å². The molecule has 2 heterocycles. The van der Waals surface area contributed by atoms with Crippen molar-refractivity contribution >= 4 is 16.8 Å². The summed E-state index contributed by atoms with van der Waals surface area (Å²) in [6.45, 7) is 6.11. The van der Waals surface area contributed by atoms with Gasteiger partial charge in [0.05, 0.1) is 16.8 Å². The molecule has 0 radical (unpaired) electrons. The van der Waals surface area contributed by atoms with Gasteiger partial charge in [-0.25, -0.2) is 4.98 Å². The molecular formula is C24H26N2O. The van der Waals surface area contributed by atoms with Gasteiger partial charge in [-0.2, -0.15) is 0 Å². The quantitative estimate of drug-likeness (QED) is 0.633. The van der Waals surface area contributed by atoms with E-state index in [1.165, 1.54) is 5.56 Å². The lowest BCUT2D eigenvalue weighted by Gasteiger charge is -2.30. The third kappa shape index (κ3) is 3.59. The van der Waals surface area contributed by atoms with Crippen LogP contribution in [0.1, 0.15) is 42.6 Å². The summed E-state index contributed by atoms with van der Waals surface area (Å²) in [6, 6.07) is 18.4. The van der Waals surface area contributed by atoms with Crippen molar-refractivity contribution in [3.8, 4) is 11.3 Å². The summed E-state index contributed by atoms with van der Waals surface area (Å²) in [6.07, 6.45) is 3.18. The molecule has 4 rings (SSSR count). The summed E-state index contributed by atoms with van der Waals surface area (Å²) in [5.74, 6) is 0.836. The Hall–Kier alpha value is -2.68. The monoisotopic (exact) mass is 358 g/mol. The summed E-state index contributed by atoms with van der Waals surface area (Å²) < 4.78 is 0. The van der Waals surface area contributed by atoms with Gasteiger partial charge in [-0.1, -0.05) is 56.3 Å². The highest BCUT2D eigenvalue weighted by atomic mass is 16.2. The molecular weight excluding hydrogens is 332 g/mol. The molecule has 0 unspecified atom stereocenters. The number of rotatable bonds is 3. The first-order valence-electron chi connectivity index (χ1n) is 9.94. The normalized spacial score (nSPS) is 15.3. The van der Waals surface area contributed by atoms with Gasteiger partial charge in [0.25, 0.3) is 5.91 Å². The van der Waals surface area contributed by atoms with Crippen molar-refractivity contribution < 1.29 is 4.79 Å². The van der Waals surface area contributed by atoms with Gasteiger partial charge in [0.1, 0.15) is 0 Å². The van der Waals surface area contributed by atoms with Gasteiger partial charge < -0.3 is 4.90 Å². The predicted octanol–water partition coefficient (Wildman–Crippen LogP) is 5.34. The van der Waals surface area contributed by atoms with E-state index in [4.69, 9.17) is 4.98 Å². The first-order chi connectivity index (χ1) is 13.2. The molecule has 1 aliphatic rings. The van der Waals surface area contributed by atoms with Crippen molar-refractivity contribution in [3.63, 3.8) is 0 Å². The largest absolute Gasteiger partial charge is 0.339 e. The second kappa shape index (κ2) is 7.51. The number of nitrogens with zero attached hydrogens (tertiary/aromatic N) is 2. The van der Waals surface area contributed by atoms with Gasteiger partial charge in [-0.05, 0) is 42.9 Å². The molecule has 0 N–H and O–H groups in total. The fourth-order valence-electron chi connectivity index (χ4n) is 3.79. The van der Waals surface area contributed by atoms with Crippen LogP contribution in [-0.4, -0.2) is 28.9 Å². The van der Waals surface area contributed by atoms with Crippen molar-refractivity contribution in [2.45, 2.75) is 33.1 Å². The van der Waals surface area contributed by atoms with Crippen molar-refractivity contribution in [1.29, 1.82) is 0 Å². The van der Waals surface area contributed by atoms with E-state index in [-0.39, 0.29) is 5.91 Å². The molecule has 27 heavy (non-hydrogen) atoms. The number of piperidine rings is 1. The lowest BCUT2D eigenvalue weighted by Crippen LogP contribution is -2.38. The highest BCUT2D eigenvalue weighted by Gasteiger charge is 2.23. The standard InChI is InChI=1S/C24H26N2O/c1-3-18-8-10-19(11-9-18)23-16-21(20-6-4-5-7-22(20)25-23)24(27)26-14-12-17(2)13-15-26/h4-11,16-17H,3,12-15H2,1-2H3. The topological polar surface area (TPSA) is 33.2 Å². The lowest BCUT2D eigenvalue weighted by atomic mass is 9.97. The van der Waals surface area contributed by atoms with E-state index in [1.807, 2.05) is 35.2 Å². The molecule has 1 aliphatic heterocycles. The van der Waals surface area contributed by atoms with Crippen molar-refractivity contribution in [2.75, 3.05) is 13.1 Å². The van der Waals surface area contributed by atoms with Gasteiger partial charge in [-0.15, -0.1) is 0 Å². The number of hydrogen-bond donors (Lipinski definition) is 0. The highest BCUT2D eigenvalue weighted by Crippen LogP contribution is 2.27. The minimum Gasteiger partial charge on any atom is -0.339 e. The van der Waals surface area contributed by atoms with Crippen LogP contribution in [0.15, 0.2) is 54.6 Å². The minimum absolute atomic E-state index is 0.131. The molecule has 3 heteroatoms. The highest BCUT2D eigenvalue weighted by molar-refractivity contribution is 6.07. The van der Waals surface area contributed by atoms with Crippen molar-refractivity contribution in [2.24, 2.45) is 5.92 Å². The Morgan fingerprint density at radius 1 is 1.07 bits per heavy atom. The molecule has 0 saturated carbocycles. The first-order valence-corrected chi connectivity index (χ1v) is 9.94. The molecule has 0 spiro atoms. The maximum atomic E-state index is 13.3. The Bertz CT molecular complexity index is 954. The van der Waals surface area contributed by atoms with Crippen molar-refractivity contribution in [3.05, 3.63) is 65.7 Å². The third-order valence-electron chi connectivity index (χ3n) is 5.68. The van der Waals surface area contributed by atoms with Crippen LogP contribution in [0.2, 0.25) is 0 Å². The molecule has 1 amide bonds. The van der Waals surface area contributed by atoms with Gasteiger partial charge in [0.15, 0.2) is 0 Å². The second-order valence-electron chi connectivity index (χ2n) is 7.60.